The first kappa shape index (κ1) is 12.8. The molecule has 0 amide bonds. The van der Waals surface area contributed by atoms with E-state index in [9.17, 15) is 10.1 Å². The number of pyridine rings is 1. The van der Waals surface area contributed by atoms with Crippen LogP contribution in [0.1, 0.15) is 6.92 Å². The number of nitrogens with one attached hydrogen (secondary N) is 1. The molecule has 0 aliphatic heterocycles. The fourth-order valence-corrected chi connectivity index (χ4v) is 1.44. The van der Waals surface area contributed by atoms with Gasteiger partial charge in [0.2, 0.25) is 6.33 Å². The summed E-state index contributed by atoms with van der Waals surface area (Å²) in [5.41, 5.74) is 0. The van der Waals surface area contributed by atoms with Crippen molar-refractivity contribution in [2.24, 2.45) is 0 Å². The maximum atomic E-state index is 10.5. The van der Waals surface area contributed by atoms with Gasteiger partial charge in [-0.2, -0.15) is 0 Å². The summed E-state index contributed by atoms with van der Waals surface area (Å²) in [6.07, 6.45) is 4.35. The number of imidazole rings is 1. The molecule has 0 saturated carbocycles. The van der Waals surface area contributed by atoms with Crippen LogP contribution in [-0.4, -0.2) is 26.1 Å². The van der Waals surface area contributed by atoms with Crippen LogP contribution in [-0.2, 0) is 6.67 Å². The fraction of sp³-hybridized carbons (Fsp3) is 0.273. The van der Waals surface area contributed by atoms with Crippen molar-refractivity contribution in [2.75, 3.05) is 11.9 Å². The van der Waals surface area contributed by atoms with E-state index in [1.165, 1.54) is 12.5 Å². The summed E-state index contributed by atoms with van der Waals surface area (Å²) < 4.78 is 6.84. The lowest BCUT2D eigenvalue weighted by Gasteiger charge is -2.06. The number of hydrogen-bond donors (Lipinski definition) is 1. The number of aromatic nitrogens is 3. The first-order chi connectivity index (χ1) is 9.19. The van der Waals surface area contributed by atoms with Gasteiger partial charge in [0.05, 0.1) is 19.5 Å². The molecule has 0 fully saturated rings. The Labute approximate surface area is 109 Å². The number of ether oxygens (including phenoxy) is 1. The van der Waals surface area contributed by atoms with Crippen LogP contribution in [0.25, 0.3) is 0 Å². The third kappa shape index (κ3) is 3.41. The highest BCUT2D eigenvalue weighted by Gasteiger charge is 2.09. The average molecular weight is 263 g/mol. The van der Waals surface area contributed by atoms with Gasteiger partial charge < -0.3 is 20.2 Å². The quantitative estimate of drug-likeness (QED) is 0.629. The van der Waals surface area contributed by atoms with E-state index >= 15 is 0 Å². The zero-order valence-corrected chi connectivity index (χ0v) is 10.3. The molecule has 2 rings (SSSR count). The normalized spacial score (nSPS) is 10.2. The molecule has 2 heterocycles. The lowest BCUT2D eigenvalue weighted by Crippen LogP contribution is -2.07. The molecule has 8 heteroatoms. The summed E-state index contributed by atoms with van der Waals surface area (Å²) in [5.74, 6) is 1.17. The zero-order chi connectivity index (χ0) is 13.7. The fourth-order valence-electron chi connectivity index (χ4n) is 1.44. The van der Waals surface area contributed by atoms with E-state index in [0.29, 0.717) is 24.8 Å². The molecule has 19 heavy (non-hydrogen) atoms. The van der Waals surface area contributed by atoms with Gasteiger partial charge in [-0.1, -0.05) is 0 Å². The molecular weight excluding hydrogens is 250 g/mol. The second-order valence-electron chi connectivity index (χ2n) is 3.65. The molecule has 2 aromatic rings. The molecule has 0 spiro atoms. The molecule has 0 radical (unpaired) electrons. The van der Waals surface area contributed by atoms with Gasteiger partial charge >= 0.3 is 5.82 Å². The van der Waals surface area contributed by atoms with Crippen molar-refractivity contribution in [1.29, 1.82) is 0 Å². The number of hydrogen-bond acceptors (Lipinski definition) is 6. The number of nitro groups is 1. The monoisotopic (exact) mass is 263 g/mol. The van der Waals surface area contributed by atoms with Gasteiger partial charge in [0.1, 0.15) is 17.8 Å². The van der Waals surface area contributed by atoms with E-state index in [-0.39, 0.29) is 5.82 Å². The standard InChI is InChI=1S/C11H13N5O3/c1-2-19-9-3-4-10(12-5-9)13-7-15-6-11(14-8-15)16(17)18/h3-6,8H,2,7H2,1H3,(H,12,13). The van der Waals surface area contributed by atoms with E-state index in [1.54, 1.807) is 22.9 Å². The van der Waals surface area contributed by atoms with Gasteiger partial charge in [-0.05, 0) is 29.0 Å². The van der Waals surface area contributed by atoms with Gasteiger partial charge in [0.25, 0.3) is 0 Å². The first-order valence-corrected chi connectivity index (χ1v) is 5.68. The zero-order valence-electron chi connectivity index (χ0n) is 10.3. The van der Waals surface area contributed by atoms with Crippen LogP contribution in [0.2, 0.25) is 0 Å². The summed E-state index contributed by atoms with van der Waals surface area (Å²) in [4.78, 5) is 17.7. The summed E-state index contributed by atoms with van der Waals surface area (Å²) in [5, 5.41) is 13.5. The van der Waals surface area contributed by atoms with Gasteiger partial charge in [0, 0.05) is 0 Å². The second-order valence-corrected chi connectivity index (χ2v) is 3.65. The minimum Gasteiger partial charge on any atom is -0.492 e. The van der Waals surface area contributed by atoms with Gasteiger partial charge in [-0.3, -0.25) is 4.57 Å². The average Bonchev–Trinajstić information content (AvgIpc) is 2.87. The van der Waals surface area contributed by atoms with Crippen molar-refractivity contribution < 1.29 is 9.66 Å². The molecule has 100 valence electrons. The Bertz CT molecular complexity index is 552. The van der Waals surface area contributed by atoms with Crippen molar-refractivity contribution in [3.8, 4) is 5.75 Å². The lowest BCUT2D eigenvalue weighted by molar-refractivity contribution is -0.389. The largest absolute Gasteiger partial charge is 0.492 e. The van der Waals surface area contributed by atoms with E-state index in [0.717, 1.165) is 0 Å². The minimum absolute atomic E-state index is 0.179. The third-order valence-corrected chi connectivity index (χ3v) is 2.30. The molecule has 0 aliphatic carbocycles. The molecule has 0 unspecified atom stereocenters. The Balaban J connectivity index is 1.92. The van der Waals surface area contributed by atoms with Crippen LogP contribution in [0.3, 0.4) is 0 Å². The minimum atomic E-state index is -0.536. The highest BCUT2D eigenvalue weighted by molar-refractivity contribution is 5.36. The number of nitrogens with zero attached hydrogens (tertiary/aromatic N) is 4. The van der Waals surface area contributed by atoms with Crippen molar-refractivity contribution in [3.63, 3.8) is 0 Å². The van der Waals surface area contributed by atoms with Gasteiger partial charge in [-0.15, -0.1) is 0 Å². The van der Waals surface area contributed by atoms with Gasteiger partial charge in [0.15, 0.2) is 0 Å². The molecule has 2 aromatic heterocycles. The van der Waals surface area contributed by atoms with Crippen molar-refractivity contribution in [3.05, 3.63) is 41.0 Å². The number of rotatable bonds is 6. The van der Waals surface area contributed by atoms with Crippen molar-refractivity contribution >= 4 is 11.6 Å². The molecule has 0 atom stereocenters. The van der Waals surface area contributed by atoms with Crippen molar-refractivity contribution in [1.82, 2.24) is 14.5 Å². The van der Waals surface area contributed by atoms with Crippen LogP contribution in [0.4, 0.5) is 11.6 Å². The maximum absolute atomic E-state index is 10.5. The van der Waals surface area contributed by atoms with Crippen LogP contribution in [0.15, 0.2) is 30.9 Å². The molecule has 0 saturated heterocycles. The van der Waals surface area contributed by atoms with E-state index in [4.69, 9.17) is 4.74 Å². The van der Waals surface area contributed by atoms with Crippen LogP contribution < -0.4 is 10.1 Å². The predicted octanol–water partition coefficient (Wildman–Crippen LogP) is 1.65. The maximum Gasteiger partial charge on any atom is 0.381 e. The van der Waals surface area contributed by atoms with E-state index in [2.05, 4.69) is 15.3 Å². The Morgan fingerprint density at radius 3 is 2.89 bits per heavy atom. The SMILES string of the molecule is CCOc1ccc(NCn2cnc([N+](=O)[O-])c2)nc1. The number of anilines is 1. The Hall–Kier alpha value is -2.64. The summed E-state index contributed by atoms with van der Waals surface area (Å²) >= 11 is 0. The summed E-state index contributed by atoms with van der Waals surface area (Å²) in [6.45, 7) is 2.84. The second kappa shape index (κ2) is 5.80. The van der Waals surface area contributed by atoms with Crippen molar-refractivity contribution in [2.45, 2.75) is 13.6 Å². The topological polar surface area (TPSA) is 95.1 Å². The molecule has 8 nitrogen and oxygen atoms in total. The van der Waals surface area contributed by atoms with Gasteiger partial charge in [-0.25, -0.2) is 4.98 Å². The summed E-state index contributed by atoms with van der Waals surface area (Å²) in [6, 6.07) is 3.57. The van der Waals surface area contributed by atoms with Crippen LogP contribution >= 0.6 is 0 Å². The van der Waals surface area contributed by atoms with Crippen LogP contribution in [0.5, 0.6) is 5.75 Å². The first-order valence-electron chi connectivity index (χ1n) is 5.68. The Morgan fingerprint density at radius 2 is 2.32 bits per heavy atom. The molecule has 1 N–H and O–H groups in total. The molecule has 0 aliphatic rings. The van der Waals surface area contributed by atoms with Crippen LogP contribution in [0, 0.1) is 10.1 Å². The Kier molecular flexibility index (Phi) is 3.91. The molecular formula is C11H13N5O3. The molecule has 0 aromatic carbocycles. The smallest absolute Gasteiger partial charge is 0.381 e. The van der Waals surface area contributed by atoms with E-state index in [1.807, 2.05) is 6.92 Å². The highest BCUT2D eigenvalue weighted by atomic mass is 16.6. The molecule has 0 bridgehead atoms. The predicted molar refractivity (Wildman–Crippen MR) is 67.9 cm³/mol. The third-order valence-electron chi connectivity index (χ3n) is 2.30. The lowest BCUT2D eigenvalue weighted by atomic mass is 10.4. The van der Waals surface area contributed by atoms with E-state index < -0.39 is 4.92 Å². The highest BCUT2D eigenvalue weighted by Crippen LogP contribution is 2.12. The summed E-state index contributed by atoms with van der Waals surface area (Å²) in [7, 11) is 0. The Morgan fingerprint density at radius 1 is 1.47 bits per heavy atom.